The van der Waals surface area contributed by atoms with E-state index in [1.54, 1.807) is 0 Å². The standard InChI is InChI=1S/C25H30N2O6/c1-3-15(2)22(23(29)26-13-12-21(28)24(30)31)27-25(32)33-14-20-18-10-6-4-8-16(18)17-9-5-7-11-19(17)20/h4-11,15,20-22,28H,3,12-14H2,1-2H3,(H,26,29)(H,27,32)(H,30,31)/t15?,21-,22?/m0/s1. The molecule has 0 bridgehead atoms. The van der Waals surface area contributed by atoms with Crippen molar-refractivity contribution in [1.29, 1.82) is 0 Å². The molecule has 0 saturated carbocycles. The Labute approximate surface area is 193 Å². The Balaban J connectivity index is 1.61. The van der Waals surface area contributed by atoms with Crippen LogP contribution in [0.15, 0.2) is 48.5 Å². The highest BCUT2D eigenvalue weighted by Crippen LogP contribution is 2.44. The number of rotatable bonds is 10. The Bertz CT molecular complexity index is 962. The summed E-state index contributed by atoms with van der Waals surface area (Å²) in [6, 6.07) is 15.2. The summed E-state index contributed by atoms with van der Waals surface area (Å²) in [7, 11) is 0. The van der Waals surface area contributed by atoms with Gasteiger partial charge in [-0.3, -0.25) is 4.79 Å². The molecule has 33 heavy (non-hydrogen) atoms. The van der Waals surface area contributed by atoms with Crippen LogP contribution in [0.2, 0.25) is 0 Å². The number of hydrogen-bond donors (Lipinski definition) is 4. The van der Waals surface area contributed by atoms with Crippen molar-refractivity contribution in [2.75, 3.05) is 13.2 Å². The van der Waals surface area contributed by atoms with Gasteiger partial charge in [0.15, 0.2) is 6.10 Å². The van der Waals surface area contributed by atoms with Crippen molar-refractivity contribution >= 4 is 18.0 Å². The van der Waals surface area contributed by atoms with E-state index in [0.717, 1.165) is 22.3 Å². The van der Waals surface area contributed by atoms with Crippen LogP contribution in [0.5, 0.6) is 0 Å². The zero-order chi connectivity index (χ0) is 24.0. The summed E-state index contributed by atoms with van der Waals surface area (Å²) in [6.45, 7) is 3.85. The number of ether oxygens (including phenoxy) is 1. The lowest BCUT2D eigenvalue weighted by Crippen LogP contribution is -2.51. The van der Waals surface area contributed by atoms with Crippen molar-refractivity contribution in [3.63, 3.8) is 0 Å². The molecule has 2 unspecified atom stereocenters. The van der Waals surface area contributed by atoms with Crippen LogP contribution < -0.4 is 10.6 Å². The Hall–Kier alpha value is -3.39. The van der Waals surface area contributed by atoms with Crippen LogP contribution in [0.3, 0.4) is 0 Å². The van der Waals surface area contributed by atoms with Crippen LogP contribution in [0, 0.1) is 5.92 Å². The van der Waals surface area contributed by atoms with Crippen LogP contribution in [0.1, 0.15) is 43.7 Å². The zero-order valence-corrected chi connectivity index (χ0v) is 18.8. The quantitative estimate of drug-likeness (QED) is 0.438. The molecule has 2 amide bonds. The van der Waals surface area contributed by atoms with Crippen molar-refractivity contribution < 1.29 is 29.3 Å². The molecule has 176 valence electrons. The van der Waals surface area contributed by atoms with E-state index in [9.17, 15) is 19.5 Å². The molecule has 3 atom stereocenters. The largest absolute Gasteiger partial charge is 0.479 e. The van der Waals surface area contributed by atoms with E-state index < -0.39 is 30.1 Å². The first-order chi connectivity index (χ1) is 15.8. The molecule has 8 heteroatoms. The number of benzene rings is 2. The normalized spacial score (nSPS) is 15.0. The van der Waals surface area contributed by atoms with Crippen LogP contribution in [-0.2, 0) is 14.3 Å². The molecule has 0 aliphatic heterocycles. The molecule has 0 heterocycles. The topological polar surface area (TPSA) is 125 Å². The third-order valence-corrected chi connectivity index (χ3v) is 6.11. The van der Waals surface area contributed by atoms with Crippen LogP contribution in [0.4, 0.5) is 4.79 Å². The molecule has 0 fully saturated rings. The summed E-state index contributed by atoms with van der Waals surface area (Å²) >= 11 is 0. The smallest absolute Gasteiger partial charge is 0.407 e. The van der Waals surface area contributed by atoms with Gasteiger partial charge in [-0.05, 0) is 28.2 Å². The lowest BCUT2D eigenvalue weighted by atomic mass is 9.98. The van der Waals surface area contributed by atoms with Crippen molar-refractivity contribution in [3.05, 3.63) is 59.7 Å². The monoisotopic (exact) mass is 454 g/mol. The lowest BCUT2D eigenvalue weighted by Gasteiger charge is -2.24. The number of carbonyl (C=O) groups excluding carboxylic acids is 2. The second-order valence-corrected chi connectivity index (χ2v) is 8.27. The third kappa shape index (κ3) is 5.70. The highest BCUT2D eigenvalue weighted by Gasteiger charge is 2.31. The average Bonchev–Trinajstić information content (AvgIpc) is 3.14. The lowest BCUT2D eigenvalue weighted by molar-refractivity contribution is -0.147. The van der Waals surface area contributed by atoms with E-state index >= 15 is 0 Å². The number of hydrogen-bond acceptors (Lipinski definition) is 5. The van der Waals surface area contributed by atoms with Gasteiger partial charge >= 0.3 is 12.1 Å². The van der Waals surface area contributed by atoms with Crippen LogP contribution in [0.25, 0.3) is 11.1 Å². The van der Waals surface area contributed by atoms with Crippen LogP contribution >= 0.6 is 0 Å². The number of fused-ring (bicyclic) bond motifs is 3. The number of nitrogens with one attached hydrogen (secondary N) is 2. The highest BCUT2D eigenvalue weighted by atomic mass is 16.5. The van der Waals surface area contributed by atoms with E-state index in [1.807, 2.05) is 50.2 Å². The minimum Gasteiger partial charge on any atom is -0.479 e. The second kappa shape index (κ2) is 11.0. The molecule has 3 rings (SSSR count). The minimum absolute atomic E-state index is 0.0222. The predicted molar refractivity (Wildman–Crippen MR) is 123 cm³/mol. The van der Waals surface area contributed by atoms with E-state index in [1.165, 1.54) is 0 Å². The first-order valence-corrected chi connectivity index (χ1v) is 11.1. The highest BCUT2D eigenvalue weighted by molar-refractivity contribution is 5.86. The number of amides is 2. The number of aliphatic hydroxyl groups excluding tert-OH is 1. The maximum atomic E-state index is 12.6. The van der Waals surface area contributed by atoms with Crippen LogP contribution in [-0.4, -0.2) is 53.5 Å². The van der Waals surface area contributed by atoms with Crippen molar-refractivity contribution in [3.8, 4) is 11.1 Å². The number of alkyl carbamates (subject to hydrolysis) is 1. The molecular weight excluding hydrogens is 424 g/mol. The summed E-state index contributed by atoms with van der Waals surface area (Å²) in [5, 5.41) is 23.3. The minimum atomic E-state index is -1.55. The number of carboxylic acid groups (broad SMARTS) is 1. The van der Waals surface area contributed by atoms with E-state index in [2.05, 4.69) is 22.8 Å². The molecule has 1 aliphatic carbocycles. The summed E-state index contributed by atoms with van der Waals surface area (Å²) < 4.78 is 5.54. The number of carbonyl (C=O) groups is 3. The molecule has 0 spiro atoms. The molecule has 0 aromatic heterocycles. The molecule has 0 saturated heterocycles. The van der Waals surface area contributed by atoms with Gasteiger partial charge in [0.25, 0.3) is 0 Å². The SMILES string of the molecule is CCC(C)C(NC(=O)OCC1c2ccccc2-c2ccccc21)C(=O)NCC[C@H](O)C(=O)O. The van der Waals surface area contributed by atoms with Gasteiger partial charge in [0.2, 0.25) is 5.91 Å². The Morgan fingerprint density at radius 2 is 1.61 bits per heavy atom. The van der Waals surface area contributed by atoms with Gasteiger partial charge in [0.05, 0.1) is 0 Å². The summed E-state index contributed by atoms with van der Waals surface area (Å²) in [4.78, 5) is 35.9. The Morgan fingerprint density at radius 1 is 1.03 bits per heavy atom. The van der Waals surface area contributed by atoms with Crippen molar-refractivity contribution in [2.24, 2.45) is 5.92 Å². The Kier molecular flexibility index (Phi) is 8.06. The first-order valence-electron chi connectivity index (χ1n) is 11.1. The molecular formula is C25H30N2O6. The maximum Gasteiger partial charge on any atom is 0.407 e. The van der Waals surface area contributed by atoms with Gasteiger partial charge in [-0.1, -0.05) is 68.8 Å². The zero-order valence-electron chi connectivity index (χ0n) is 18.8. The molecule has 2 aromatic carbocycles. The molecule has 8 nitrogen and oxygen atoms in total. The molecule has 4 N–H and O–H groups in total. The summed E-state index contributed by atoms with van der Waals surface area (Å²) in [5.41, 5.74) is 4.45. The summed E-state index contributed by atoms with van der Waals surface area (Å²) in [6.07, 6.45) is -1.73. The first kappa shape index (κ1) is 24.3. The summed E-state index contributed by atoms with van der Waals surface area (Å²) in [5.74, 6) is -2.05. The van der Waals surface area contributed by atoms with Gasteiger partial charge < -0.3 is 25.6 Å². The molecule has 2 aromatic rings. The maximum absolute atomic E-state index is 12.6. The predicted octanol–water partition coefficient (Wildman–Crippen LogP) is 2.89. The fraction of sp³-hybridized carbons (Fsp3) is 0.400. The number of aliphatic hydroxyl groups is 1. The van der Waals surface area contributed by atoms with E-state index in [-0.39, 0.29) is 31.4 Å². The Morgan fingerprint density at radius 3 is 2.15 bits per heavy atom. The van der Waals surface area contributed by atoms with Gasteiger partial charge in [0, 0.05) is 18.9 Å². The number of aliphatic carboxylic acids is 1. The fourth-order valence-corrected chi connectivity index (χ4v) is 4.03. The second-order valence-electron chi connectivity index (χ2n) is 8.27. The van der Waals surface area contributed by atoms with E-state index in [0.29, 0.717) is 6.42 Å². The molecule has 1 aliphatic rings. The van der Waals surface area contributed by atoms with Crippen molar-refractivity contribution in [2.45, 2.75) is 44.8 Å². The third-order valence-electron chi connectivity index (χ3n) is 6.11. The number of carboxylic acids is 1. The molecule has 0 radical (unpaired) electrons. The van der Waals surface area contributed by atoms with E-state index in [4.69, 9.17) is 9.84 Å². The van der Waals surface area contributed by atoms with Crippen molar-refractivity contribution in [1.82, 2.24) is 10.6 Å². The van der Waals surface area contributed by atoms with Gasteiger partial charge in [-0.15, -0.1) is 0 Å². The van der Waals surface area contributed by atoms with Gasteiger partial charge in [-0.25, -0.2) is 9.59 Å². The average molecular weight is 455 g/mol. The fourth-order valence-electron chi connectivity index (χ4n) is 4.03. The van der Waals surface area contributed by atoms with Gasteiger partial charge in [-0.2, -0.15) is 0 Å². The van der Waals surface area contributed by atoms with Gasteiger partial charge in [0.1, 0.15) is 12.6 Å².